The number of hydrogen-bond donors (Lipinski definition) is 2. The van der Waals surface area contributed by atoms with Crippen LogP contribution < -0.4 is 0 Å². The summed E-state index contributed by atoms with van der Waals surface area (Å²) < 4.78 is 5.47. The molecule has 0 aromatic heterocycles. The van der Waals surface area contributed by atoms with Crippen molar-refractivity contribution < 1.29 is 19.7 Å². The van der Waals surface area contributed by atoms with Gasteiger partial charge in [-0.2, -0.15) is 0 Å². The summed E-state index contributed by atoms with van der Waals surface area (Å²) in [6.07, 6.45) is 2.43. The van der Waals surface area contributed by atoms with Crippen molar-refractivity contribution in [1.82, 2.24) is 0 Å². The van der Waals surface area contributed by atoms with Crippen molar-refractivity contribution in [2.75, 3.05) is 6.61 Å². The van der Waals surface area contributed by atoms with Gasteiger partial charge in [0.1, 0.15) is 5.60 Å². The van der Waals surface area contributed by atoms with Crippen LogP contribution in [-0.2, 0) is 9.53 Å². The largest absolute Gasteiger partial charge is 0.481 e. The van der Waals surface area contributed by atoms with Crippen LogP contribution in [0.1, 0.15) is 39.5 Å². The normalized spacial score (nSPS) is 37.3. The monoisotopic (exact) mass is 214 g/mol. The highest BCUT2D eigenvalue weighted by Crippen LogP contribution is 2.55. The molecule has 1 aliphatic carbocycles. The maximum absolute atomic E-state index is 11.3. The Labute approximate surface area is 89.2 Å². The molecule has 15 heavy (non-hydrogen) atoms. The third-order valence-electron chi connectivity index (χ3n) is 3.93. The lowest BCUT2D eigenvalue weighted by Gasteiger charge is -2.47. The zero-order valence-corrected chi connectivity index (χ0v) is 9.25. The van der Waals surface area contributed by atoms with Gasteiger partial charge in [-0.05, 0) is 26.7 Å². The third kappa shape index (κ3) is 1.39. The van der Waals surface area contributed by atoms with Crippen LogP contribution in [0.5, 0.6) is 0 Å². The number of aliphatic hydroxyl groups is 1. The first kappa shape index (κ1) is 10.9. The Kier molecular flexibility index (Phi) is 2.14. The van der Waals surface area contributed by atoms with E-state index in [1.807, 2.05) is 13.8 Å². The van der Waals surface area contributed by atoms with Crippen LogP contribution in [0.15, 0.2) is 0 Å². The van der Waals surface area contributed by atoms with Gasteiger partial charge < -0.3 is 14.9 Å². The minimum absolute atomic E-state index is 0.145. The standard InChI is InChI=1S/C11H18O4/c1-9(2)6-11(14,7-15-9)10(8(12)13)4-3-5-10/h14H,3-7H2,1-2H3,(H,12,13). The Bertz CT molecular complexity index is 293. The number of carbonyl (C=O) groups is 1. The highest BCUT2D eigenvalue weighted by molar-refractivity contribution is 5.77. The summed E-state index contributed by atoms with van der Waals surface area (Å²) in [6, 6.07) is 0. The van der Waals surface area contributed by atoms with Crippen molar-refractivity contribution in [2.45, 2.75) is 50.7 Å². The fraction of sp³-hybridized carbons (Fsp3) is 0.909. The summed E-state index contributed by atoms with van der Waals surface area (Å²) in [4.78, 5) is 11.3. The molecule has 0 aromatic rings. The minimum atomic E-state index is -1.18. The predicted molar refractivity (Wildman–Crippen MR) is 53.5 cm³/mol. The van der Waals surface area contributed by atoms with Crippen LogP contribution in [0.25, 0.3) is 0 Å². The van der Waals surface area contributed by atoms with Gasteiger partial charge in [0.2, 0.25) is 0 Å². The second kappa shape index (κ2) is 2.95. The fourth-order valence-corrected chi connectivity index (χ4v) is 2.84. The van der Waals surface area contributed by atoms with Crippen LogP contribution >= 0.6 is 0 Å². The van der Waals surface area contributed by atoms with E-state index in [-0.39, 0.29) is 6.61 Å². The Morgan fingerprint density at radius 1 is 1.33 bits per heavy atom. The molecule has 1 heterocycles. The Morgan fingerprint density at radius 3 is 2.20 bits per heavy atom. The van der Waals surface area contributed by atoms with Crippen LogP contribution in [0.4, 0.5) is 0 Å². The van der Waals surface area contributed by atoms with Gasteiger partial charge in [-0.3, -0.25) is 4.79 Å². The second-order valence-corrected chi connectivity index (χ2v) is 5.50. The summed E-state index contributed by atoms with van der Waals surface area (Å²) in [7, 11) is 0. The Balaban J connectivity index is 2.26. The van der Waals surface area contributed by atoms with E-state index in [1.54, 1.807) is 0 Å². The van der Waals surface area contributed by atoms with E-state index < -0.39 is 22.6 Å². The average molecular weight is 214 g/mol. The van der Waals surface area contributed by atoms with Gasteiger partial charge in [0.15, 0.2) is 0 Å². The van der Waals surface area contributed by atoms with E-state index >= 15 is 0 Å². The lowest BCUT2D eigenvalue weighted by molar-refractivity contribution is -0.184. The molecular formula is C11H18O4. The van der Waals surface area contributed by atoms with Crippen molar-refractivity contribution in [3.63, 3.8) is 0 Å². The molecule has 1 saturated carbocycles. The molecule has 2 N–H and O–H groups in total. The van der Waals surface area contributed by atoms with Crippen molar-refractivity contribution in [3.05, 3.63) is 0 Å². The molecule has 2 rings (SSSR count). The number of carboxylic acid groups (broad SMARTS) is 1. The predicted octanol–water partition coefficient (Wildman–Crippen LogP) is 1.17. The van der Waals surface area contributed by atoms with E-state index in [0.717, 1.165) is 6.42 Å². The summed E-state index contributed by atoms with van der Waals surface area (Å²) >= 11 is 0. The first-order valence-electron chi connectivity index (χ1n) is 5.41. The second-order valence-electron chi connectivity index (χ2n) is 5.50. The van der Waals surface area contributed by atoms with E-state index in [2.05, 4.69) is 0 Å². The molecular weight excluding hydrogens is 196 g/mol. The molecule has 2 fully saturated rings. The van der Waals surface area contributed by atoms with Crippen molar-refractivity contribution in [3.8, 4) is 0 Å². The van der Waals surface area contributed by atoms with E-state index in [1.165, 1.54) is 0 Å². The SMILES string of the molecule is CC1(C)CC(O)(C2(C(=O)O)CCC2)CO1. The molecule has 0 amide bonds. The molecule has 4 nitrogen and oxygen atoms in total. The molecule has 0 aromatic carbocycles. The third-order valence-corrected chi connectivity index (χ3v) is 3.93. The van der Waals surface area contributed by atoms with Crippen LogP contribution in [0.2, 0.25) is 0 Å². The first-order valence-corrected chi connectivity index (χ1v) is 5.41. The fourth-order valence-electron chi connectivity index (χ4n) is 2.84. The van der Waals surface area contributed by atoms with Gasteiger partial charge in [0.25, 0.3) is 0 Å². The summed E-state index contributed by atoms with van der Waals surface area (Å²) in [6.45, 7) is 3.92. The molecule has 0 spiro atoms. The van der Waals surface area contributed by atoms with Gasteiger partial charge in [-0.1, -0.05) is 6.42 Å². The molecule has 1 unspecified atom stereocenters. The van der Waals surface area contributed by atoms with Crippen LogP contribution in [-0.4, -0.2) is 34.0 Å². The summed E-state index contributed by atoms with van der Waals surface area (Å²) in [5.74, 6) is -0.877. The van der Waals surface area contributed by atoms with E-state index in [4.69, 9.17) is 4.74 Å². The lowest BCUT2D eigenvalue weighted by atomic mass is 9.57. The van der Waals surface area contributed by atoms with Gasteiger partial charge in [0, 0.05) is 6.42 Å². The topological polar surface area (TPSA) is 66.8 Å². The first-order chi connectivity index (χ1) is 6.81. The van der Waals surface area contributed by atoms with E-state index in [9.17, 15) is 15.0 Å². The molecule has 1 atom stereocenters. The molecule has 86 valence electrons. The molecule has 4 heteroatoms. The molecule has 0 radical (unpaired) electrons. The number of carboxylic acids is 1. The smallest absolute Gasteiger partial charge is 0.312 e. The minimum Gasteiger partial charge on any atom is -0.481 e. The molecule has 2 aliphatic rings. The van der Waals surface area contributed by atoms with Gasteiger partial charge >= 0.3 is 5.97 Å². The number of aliphatic carboxylic acids is 1. The number of hydrogen-bond acceptors (Lipinski definition) is 3. The Morgan fingerprint density at radius 2 is 1.93 bits per heavy atom. The number of rotatable bonds is 2. The average Bonchev–Trinajstić information content (AvgIpc) is 2.22. The van der Waals surface area contributed by atoms with Gasteiger partial charge in [0.05, 0.1) is 17.6 Å². The highest BCUT2D eigenvalue weighted by atomic mass is 16.5. The van der Waals surface area contributed by atoms with Crippen LogP contribution in [0.3, 0.4) is 0 Å². The molecule has 1 saturated heterocycles. The maximum atomic E-state index is 11.3. The van der Waals surface area contributed by atoms with Crippen molar-refractivity contribution in [1.29, 1.82) is 0 Å². The van der Waals surface area contributed by atoms with Crippen LogP contribution in [0, 0.1) is 5.41 Å². The highest BCUT2D eigenvalue weighted by Gasteiger charge is 2.63. The maximum Gasteiger partial charge on any atom is 0.312 e. The number of ether oxygens (including phenoxy) is 1. The van der Waals surface area contributed by atoms with Crippen molar-refractivity contribution >= 4 is 5.97 Å². The zero-order valence-electron chi connectivity index (χ0n) is 9.25. The zero-order chi connectivity index (χ0) is 11.3. The summed E-state index contributed by atoms with van der Waals surface area (Å²) in [5, 5.41) is 19.7. The van der Waals surface area contributed by atoms with Gasteiger partial charge in [-0.25, -0.2) is 0 Å². The Hall–Kier alpha value is -0.610. The molecule has 1 aliphatic heterocycles. The van der Waals surface area contributed by atoms with Gasteiger partial charge in [-0.15, -0.1) is 0 Å². The quantitative estimate of drug-likeness (QED) is 0.724. The van der Waals surface area contributed by atoms with E-state index in [0.29, 0.717) is 19.3 Å². The van der Waals surface area contributed by atoms with Crippen molar-refractivity contribution in [2.24, 2.45) is 5.41 Å². The molecule has 0 bridgehead atoms. The summed E-state index contributed by atoms with van der Waals surface area (Å²) in [5.41, 5.74) is -2.55. The lowest BCUT2D eigenvalue weighted by Crippen LogP contribution is -2.58.